The summed E-state index contributed by atoms with van der Waals surface area (Å²) in [4.78, 5) is 4.20. The second kappa shape index (κ2) is 5.80. The highest BCUT2D eigenvalue weighted by atomic mass is 32.1. The van der Waals surface area contributed by atoms with E-state index in [0.717, 1.165) is 18.0 Å². The van der Waals surface area contributed by atoms with E-state index >= 15 is 0 Å². The molecule has 0 spiro atoms. The SMILES string of the molecule is CNCc1cc(C)ccc1OCc1cscn1. The van der Waals surface area contributed by atoms with Crippen molar-refractivity contribution in [1.82, 2.24) is 10.3 Å². The number of nitrogens with one attached hydrogen (secondary N) is 1. The lowest BCUT2D eigenvalue weighted by atomic mass is 10.1. The smallest absolute Gasteiger partial charge is 0.131 e. The van der Waals surface area contributed by atoms with Crippen LogP contribution in [-0.4, -0.2) is 12.0 Å². The summed E-state index contributed by atoms with van der Waals surface area (Å²) < 4.78 is 5.79. The molecule has 1 aromatic heterocycles. The average Bonchev–Trinajstić information content (AvgIpc) is 2.81. The monoisotopic (exact) mass is 248 g/mol. The van der Waals surface area contributed by atoms with E-state index in [2.05, 4.69) is 29.4 Å². The standard InChI is InChI=1S/C13H16N2OS/c1-10-3-4-13(11(5-10)6-14-2)16-7-12-8-17-9-15-12/h3-5,8-9,14H,6-7H2,1-2H3. The van der Waals surface area contributed by atoms with Gasteiger partial charge in [-0.1, -0.05) is 17.7 Å². The van der Waals surface area contributed by atoms with Crippen LogP contribution in [0, 0.1) is 6.92 Å². The third-order valence-corrected chi connectivity index (χ3v) is 3.08. The quantitative estimate of drug-likeness (QED) is 0.883. The molecule has 1 N–H and O–H groups in total. The Morgan fingerprint density at radius 1 is 1.41 bits per heavy atom. The molecule has 0 aliphatic rings. The molecule has 0 aliphatic heterocycles. The lowest BCUT2D eigenvalue weighted by Gasteiger charge is -2.11. The minimum Gasteiger partial charge on any atom is -0.487 e. The van der Waals surface area contributed by atoms with Crippen LogP contribution < -0.4 is 10.1 Å². The predicted molar refractivity (Wildman–Crippen MR) is 70.4 cm³/mol. The van der Waals surface area contributed by atoms with Gasteiger partial charge in [0.2, 0.25) is 0 Å². The van der Waals surface area contributed by atoms with Gasteiger partial charge in [-0.3, -0.25) is 0 Å². The van der Waals surface area contributed by atoms with Gasteiger partial charge in [0.05, 0.1) is 11.2 Å². The molecule has 1 heterocycles. The molecule has 4 heteroatoms. The fraction of sp³-hybridized carbons (Fsp3) is 0.308. The normalized spacial score (nSPS) is 10.5. The zero-order chi connectivity index (χ0) is 12.1. The Kier molecular flexibility index (Phi) is 4.12. The zero-order valence-electron chi connectivity index (χ0n) is 10.1. The minimum absolute atomic E-state index is 0.531. The van der Waals surface area contributed by atoms with Crippen LogP contribution in [0.15, 0.2) is 29.1 Å². The molecule has 90 valence electrons. The van der Waals surface area contributed by atoms with Crippen molar-refractivity contribution in [3.63, 3.8) is 0 Å². The lowest BCUT2D eigenvalue weighted by molar-refractivity contribution is 0.298. The number of benzene rings is 1. The van der Waals surface area contributed by atoms with E-state index in [1.54, 1.807) is 11.3 Å². The second-order valence-electron chi connectivity index (χ2n) is 3.91. The fourth-order valence-corrected chi connectivity index (χ4v) is 2.18. The number of aromatic nitrogens is 1. The van der Waals surface area contributed by atoms with Gasteiger partial charge in [0.25, 0.3) is 0 Å². The van der Waals surface area contributed by atoms with Gasteiger partial charge >= 0.3 is 0 Å². The summed E-state index contributed by atoms with van der Waals surface area (Å²) in [6.45, 7) is 3.43. The summed E-state index contributed by atoms with van der Waals surface area (Å²) >= 11 is 1.59. The molecule has 1 aromatic carbocycles. The van der Waals surface area contributed by atoms with Crippen molar-refractivity contribution in [2.24, 2.45) is 0 Å². The van der Waals surface area contributed by atoms with Gasteiger partial charge in [-0.05, 0) is 20.0 Å². The van der Waals surface area contributed by atoms with Crippen molar-refractivity contribution in [3.8, 4) is 5.75 Å². The Balaban J connectivity index is 2.08. The van der Waals surface area contributed by atoms with Crippen LogP contribution in [0.25, 0.3) is 0 Å². The highest BCUT2D eigenvalue weighted by Crippen LogP contribution is 2.21. The first-order chi connectivity index (χ1) is 8.29. The van der Waals surface area contributed by atoms with Crippen molar-refractivity contribution in [3.05, 3.63) is 45.9 Å². The Morgan fingerprint density at radius 3 is 3.00 bits per heavy atom. The summed E-state index contributed by atoms with van der Waals surface area (Å²) in [6.07, 6.45) is 0. The van der Waals surface area contributed by atoms with Crippen LogP contribution in [0.1, 0.15) is 16.8 Å². The molecule has 0 fully saturated rings. The van der Waals surface area contributed by atoms with Crippen molar-refractivity contribution in [2.75, 3.05) is 7.05 Å². The van der Waals surface area contributed by atoms with Crippen molar-refractivity contribution in [1.29, 1.82) is 0 Å². The predicted octanol–water partition coefficient (Wildman–Crippen LogP) is 2.75. The van der Waals surface area contributed by atoms with Crippen LogP contribution in [0.4, 0.5) is 0 Å². The maximum Gasteiger partial charge on any atom is 0.131 e. The van der Waals surface area contributed by atoms with Gasteiger partial charge in [-0.25, -0.2) is 4.98 Å². The molecule has 0 saturated heterocycles. The maximum absolute atomic E-state index is 5.79. The first-order valence-electron chi connectivity index (χ1n) is 5.53. The van der Waals surface area contributed by atoms with E-state index in [0.29, 0.717) is 6.61 Å². The molecule has 0 radical (unpaired) electrons. The van der Waals surface area contributed by atoms with Crippen LogP contribution >= 0.6 is 11.3 Å². The molecule has 0 amide bonds. The van der Waals surface area contributed by atoms with Gasteiger partial charge in [-0.15, -0.1) is 11.3 Å². The number of thiazole rings is 1. The molecule has 2 rings (SSSR count). The minimum atomic E-state index is 0.531. The summed E-state index contributed by atoms with van der Waals surface area (Å²) in [5, 5.41) is 5.16. The molecular weight excluding hydrogens is 232 g/mol. The maximum atomic E-state index is 5.79. The molecule has 3 nitrogen and oxygen atoms in total. The average molecular weight is 248 g/mol. The Hall–Kier alpha value is -1.39. The first kappa shape index (κ1) is 12.1. The first-order valence-corrected chi connectivity index (χ1v) is 6.48. The van der Waals surface area contributed by atoms with E-state index in [9.17, 15) is 0 Å². The van der Waals surface area contributed by atoms with E-state index in [4.69, 9.17) is 4.74 Å². The van der Waals surface area contributed by atoms with Crippen LogP contribution in [0.2, 0.25) is 0 Å². The molecule has 2 aromatic rings. The Bertz CT molecular complexity index is 468. The second-order valence-corrected chi connectivity index (χ2v) is 4.63. The Labute approximate surface area is 105 Å². The highest BCUT2D eigenvalue weighted by molar-refractivity contribution is 7.07. The van der Waals surface area contributed by atoms with Gasteiger partial charge < -0.3 is 10.1 Å². The summed E-state index contributed by atoms with van der Waals surface area (Å²) in [5.74, 6) is 0.929. The fourth-order valence-electron chi connectivity index (χ4n) is 1.64. The number of nitrogens with zero attached hydrogens (tertiary/aromatic N) is 1. The summed E-state index contributed by atoms with van der Waals surface area (Å²) in [5.41, 5.74) is 5.23. The third kappa shape index (κ3) is 3.28. The van der Waals surface area contributed by atoms with E-state index in [-0.39, 0.29) is 0 Å². The van der Waals surface area contributed by atoms with Crippen molar-refractivity contribution < 1.29 is 4.74 Å². The Morgan fingerprint density at radius 2 is 2.29 bits per heavy atom. The van der Waals surface area contributed by atoms with Crippen LogP contribution in [0.3, 0.4) is 0 Å². The van der Waals surface area contributed by atoms with Gasteiger partial charge in [0.1, 0.15) is 12.4 Å². The van der Waals surface area contributed by atoms with E-state index in [1.165, 1.54) is 11.1 Å². The molecule has 0 aliphatic carbocycles. The van der Waals surface area contributed by atoms with Gasteiger partial charge in [0.15, 0.2) is 0 Å². The molecule has 0 unspecified atom stereocenters. The molecular formula is C13H16N2OS. The van der Waals surface area contributed by atoms with Crippen molar-refractivity contribution >= 4 is 11.3 Å². The van der Waals surface area contributed by atoms with Gasteiger partial charge in [0, 0.05) is 17.5 Å². The highest BCUT2D eigenvalue weighted by Gasteiger charge is 2.04. The number of ether oxygens (including phenoxy) is 1. The molecule has 17 heavy (non-hydrogen) atoms. The number of hydrogen-bond donors (Lipinski definition) is 1. The molecule has 0 bridgehead atoms. The molecule has 0 saturated carbocycles. The number of hydrogen-bond acceptors (Lipinski definition) is 4. The van der Waals surface area contributed by atoms with Gasteiger partial charge in [-0.2, -0.15) is 0 Å². The zero-order valence-corrected chi connectivity index (χ0v) is 10.9. The summed E-state index contributed by atoms with van der Waals surface area (Å²) in [7, 11) is 1.94. The largest absolute Gasteiger partial charge is 0.487 e. The topological polar surface area (TPSA) is 34.1 Å². The van der Waals surface area contributed by atoms with E-state index in [1.807, 2.05) is 24.0 Å². The van der Waals surface area contributed by atoms with E-state index < -0.39 is 0 Å². The summed E-state index contributed by atoms with van der Waals surface area (Å²) in [6, 6.07) is 6.23. The number of aryl methyl sites for hydroxylation is 1. The van der Waals surface area contributed by atoms with Crippen LogP contribution in [0.5, 0.6) is 5.75 Å². The van der Waals surface area contributed by atoms with Crippen LogP contribution in [-0.2, 0) is 13.2 Å². The van der Waals surface area contributed by atoms with Crippen molar-refractivity contribution in [2.45, 2.75) is 20.1 Å². The molecule has 0 atom stereocenters. The lowest BCUT2D eigenvalue weighted by Crippen LogP contribution is -2.08. The third-order valence-electron chi connectivity index (χ3n) is 2.44. The number of rotatable bonds is 5.